The molecule has 4 N–H and O–H groups in total. The summed E-state index contributed by atoms with van der Waals surface area (Å²) in [6.45, 7) is 2.58. The number of carbonyl (C=O) groups excluding carboxylic acids is 1. The highest BCUT2D eigenvalue weighted by Crippen LogP contribution is 2.27. The van der Waals surface area contributed by atoms with E-state index < -0.39 is 12.0 Å². The normalized spacial score (nSPS) is 11.8. The van der Waals surface area contributed by atoms with Crippen molar-refractivity contribution in [2.45, 2.75) is 38.6 Å². The van der Waals surface area contributed by atoms with Crippen molar-refractivity contribution in [2.24, 2.45) is 5.73 Å². The lowest BCUT2D eigenvalue weighted by Gasteiger charge is -2.17. The molecule has 138 valence electrons. The number of aliphatic carboxylic acids is 1. The third-order valence-corrected chi connectivity index (χ3v) is 4.41. The predicted molar refractivity (Wildman–Crippen MR) is 103 cm³/mol. The van der Waals surface area contributed by atoms with Gasteiger partial charge in [0, 0.05) is 5.56 Å². The molecule has 2 aromatic carbocycles. The van der Waals surface area contributed by atoms with Gasteiger partial charge in [-0.3, -0.25) is 4.79 Å². The molecule has 0 saturated carbocycles. The summed E-state index contributed by atoms with van der Waals surface area (Å²) in [5.74, 6) is -1.39. The van der Waals surface area contributed by atoms with Crippen LogP contribution in [0.4, 0.5) is 0 Å². The molecular formula is C21H26N2O3. The van der Waals surface area contributed by atoms with Crippen LogP contribution in [0.2, 0.25) is 0 Å². The molecule has 0 aliphatic heterocycles. The van der Waals surface area contributed by atoms with E-state index in [1.54, 1.807) is 12.1 Å². The van der Waals surface area contributed by atoms with Crippen LogP contribution in [0.5, 0.6) is 0 Å². The fraction of sp³-hybridized carbons (Fsp3) is 0.333. The van der Waals surface area contributed by atoms with Gasteiger partial charge in [-0.15, -0.1) is 0 Å². The second-order valence-electron chi connectivity index (χ2n) is 6.21. The Morgan fingerprint density at radius 1 is 1.04 bits per heavy atom. The molecule has 2 aromatic rings. The third-order valence-electron chi connectivity index (χ3n) is 4.41. The highest BCUT2D eigenvalue weighted by Gasteiger charge is 2.22. The topological polar surface area (TPSA) is 92.4 Å². The summed E-state index contributed by atoms with van der Waals surface area (Å²) in [5, 5.41) is 12.1. The van der Waals surface area contributed by atoms with Gasteiger partial charge in [-0.25, -0.2) is 4.79 Å². The Kier molecular flexibility index (Phi) is 7.36. The van der Waals surface area contributed by atoms with Gasteiger partial charge in [0.25, 0.3) is 5.91 Å². The van der Waals surface area contributed by atoms with E-state index in [2.05, 4.69) is 12.2 Å². The van der Waals surface area contributed by atoms with E-state index in [0.29, 0.717) is 24.9 Å². The molecule has 5 nitrogen and oxygen atoms in total. The number of carboxylic acids is 1. The van der Waals surface area contributed by atoms with Gasteiger partial charge >= 0.3 is 5.97 Å². The summed E-state index contributed by atoms with van der Waals surface area (Å²) in [5.41, 5.74) is 8.90. The minimum absolute atomic E-state index is 0.367. The van der Waals surface area contributed by atoms with Gasteiger partial charge in [0.05, 0.1) is 0 Å². The van der Waals surface area contributed by atoms with E-state index in [9.17, 15) is 14.7 Å². The van der Waals surface area contributed by atoms with Crippen molar-refractivity contribution in [3.05, 3.63) is 59.7 Å². The van der Waals surface area contributed by atoms with Gasteiger partial charge in [0.15, 0.2) is 0 Å². The second-order valence-corrected chi connectivity index (χ2v) is 6.21. The van der Waals surface area contributed by atoms with Crippen molar-refractivity contribution in [2.75, 3.05) is 6.54 Å². The second kappa shape index (κ2) is 9.73. The van der Waals surface area contributed by atoms with Gasteiger partial charge in [-0.2, -0.15) is 0 Å². The molecule has 0 radical (unpaired) electrons. The largest absolute Gasteiger partial charge is 0.480 e. The molecule has 1 atom stereocenters. The first kappa shape index (κ1) is 19.7. The molecule has 0 fully saturated rings. The predicted octanol–water partition coefficient (Wildman–Crippen LogP) is 3.23. The van der Waals surface area contributed by atoms with Gasteiger partial charge in [-0.1, -0.05) is 49.4 Å². The van der Waals surface area contributed by atoms with E-state index in [-0.39, 0.29) is 5.91 Å². The zero-order valence-corrected chi connectivity index (χ0v) is 15.1. The number of carbonyl (C=O) groups is 2. The van der Waals surface area contributed by atoms with Crippen LogP contribution in [0.15, 0.2) is 48.5 Å². The Balaban J connectivity index is 2.28. The van der Waals surface area contributed by atoms with Crippen LogP contribution in [0.3, 0.4) is 0 Å². The van der Waals surface area contributed by atoms with Crippen LogP contribution in [-0.4, -0.2) is 29.6 Å². The summed E-state index contributed by atoms with van der Waals surface area (Å²) >= 11 is 0. The number of rotatable bonds is 9. The van der Waals surface area contributed by atoms with Crippen molar-refractivity contribution >= 4 is 11.9 Å². The summed E-state index contributed by atoms with van der Waals surface area (Å²) in [6.07, 6.45) is 2.61. The zero-order valence-electron chi connectivity index (χ0n) is 15.1. The molecule has 0 saturated heterocycles. The Labute approximate surface area is 154 Å². The standard InChI is InChI=1S/C21H26N2O3/c1-2-15-9-3-4-10-16(15)17-11-5-6-12-18(17)20(24)23-19(21(25)26)13-7-8-14-22/h3-6,9-12,19H,2,7-8,13-14,22H2,1H3,(H,23,24)(H,25,26). The molecule has 0 aliphatic rings. The van der Waals surface area contributed by atoms with Crippen LogP contribution >= 0.6 is 0 Å². The molecule has 1 unspecified atom stereocenters. The van der Waals surface area contributed by atoms with Crippen molar-refractivity contribution in [1.29, 1.82) is 0 Å². The molecule has 1 amide bonds. The molecule has 26 heavy (non-hydrogen) atoms. The number of amides is 1. The SMILES string of the molecule is CCc1ccccc1-c1ccccc1C(=O)NC(CCCCN)C(=O)O. The number of nitrogens with two attached hydrogens (primary N) is 1. The summed E-state index contributed by atoms with van der Waals surface area (Å²) in [6, 6.07) is 14.3. The van der Waals surface area contributed by atoms with Crippen LogP contribution in [0.1, 0.15) is 42.1 Å². The summed E-state index contributed by atoms with van der Waals surface area (Å²) < 4.78 is 0. The molecule has 0 spiro atoms. The van der Waals surface area contributed by atoms with Gasteiger partial charge in [-0.05, 0) is 55.0 Å². The Hall–Kier alpha value is -2.66. The van der Waals surface area contributed by atoms with E-state index >= 15 is 0 Å². The Morgan fingerprint density at radius 3 is 2.35 bits per heavy atom. The lowest BCUT2D eigenvalue weighted by molar-refractivity contribution is -0.139. The van der Waals surface area contributed by atoms with Crippen LogP contribution in [-0.2, 0) is 11.2 Å². The first-order valence-corrected chi connectivity index (χ1v) is 8.99. The molecule has 5 heteroatoms. The summed E-state index contributed by atoms with van der Waals surface area (Å²) in [4.78, 5) is 24.3. The van der Waals surface area contributed by atoms with Crippen molar-refractivity contribution in [3.63, 3.8) is 0 Å². The highest BCUT2D eigenvalue weighted by molar-refractivity contribution is 6.02. The number of aryl methyl sites for hydroxylation is 1. The van der Waals surface area contributed by atoms with Crippen molar-refractivity contribution in [3.8, 4) is 11.1 Å². The number of benzene rings is 2. The molecule has 0 aromatic heterocycles. The van der Waals surface area contributed by atoms with E-state index in [4.69, 9.17) is 5.73 Å². The van der Waals surface area contributed by atoms with E-state index in [0.717, 1.165) is 29.5 Å². The Bertz CT molecular complexity index is 758. The summed E-state index contributed by atoms with van der Waals surface area (Å²) in [7, 11) is 0. The fourth-order valence-corrected chi connectivity index (χ4v) is 2.99. The van der Waals surface area contributed by atoms with E-state index in [1.165, 1.54) is 0 Å². The maximum Gasteiger partial charge on any atom is 0.326 e. The number of unbranched alkanes of at least 4 members (excludes halogenated alkanes) is 1. The number of carboxylic acid groups (broad SMARTS) is 1. The average Bonchev–Trinajstić information content (AvgIpc) is 2.67. The van der Waals surface area contributed by atoms with E-state index in [1.807, 2.05) is 36.4 Å². The smallest absolute Gasteiger partial charge is 0.326 e. The van der Waals surface area contributed by atoms with Crippen molar-refractivity contribution in [1.82, 2.24) is 5.32 Å². The lowest BCUT2D eigenvalue weighted by atomic mass is 9.94. The number of nitrogens with one attached hydrogen (secondary N) is 1. The molecule has 0 heterocycles. The highest BCUT2D eigenvalue weighted by atomic mass is 16.4. The fourth-order valence-electron chi connectivity index (χ4n) is 2.99. The minimum Gasteiger partial charge on any atom is -0.480 e. The van der Waals surface area contributed by atoms with Gasteiger partial charge < -0.3 is 16.2 Å². The van der Waals surface area contributed by atoms with Crippen LogP contribution < -0.4 is 11.1 Å². The molecule has 0 aliphatic carbocycles. The zero-order chi connectivity index (χ0) is 18.9. The van der Waals surface area contributed by atoms with Crippen molar-refractivity contribution < 1.29 is 14.7 Å². The monoisotopic (exact) mass is 354 g/mol. The quantitative estimate of drug-likeness (QED) is 0.603. The number of hydrogen-bond acceptors (Lipinski definition) is 3. The molecule has 0 bridgehead atoms. The third kappa shape index (κ3) is 4.92. The lowest BCUT2D eigenvalue weighted by Crippen LogP contribution is -2.41. The first-order valence-electron chi connectivity index (χ1n) is 8.99. The Morgan fingerprint density at radius 2 is 1.69 bits per heavy atom. The first-order chi connectivity index (χ1) is 12.6. The minimum atomic E-state index is -1.03. The maximum absolute atomic E-state index is 12.8. The average molecular weight is 354 g/mol. The maximum atomic E-state index is 12.8. The van der Waals surface area contributed by atoms with Crippen LogP contribution in [0.25, 0.3) is 11.1 Å². The number of hydrogen-bond donors (Lipinski definition) is 3. The van der Waals surface area contributed by atoms with Gasteiger partial charge in [0.2, 0.25) is 0 Å². The van der Waals surface area contributed by atoms with Gasteiger partial charge in [0.1, 0.15) is 6.04 Å². The molecular weight excluding hydrogens is 328 g/mol. The van der Waals surface area contributed by atoms with Crippen LogP contribution in [0, 0.1) is 0 Å². The molecule has 2 rings (SSSR count).